The summed E-state index contributed by atoms with van der Waals surface area (Å²) in [4.78, 5) is 75.2. The van der Waals surface area contributed by atoms with Crippen LogP contribution in [0.25, 0.3) is 0 Å². The Morgan fingerprint density at radius 2 is 0.944 bits per heavy atom. The fourth-order valence-electron chi connectivity index (χ4n) is 4.31. The largest absolute Gasteiger partial charge is 0.545 e. The minimum Gasteiger partial charge on any atom is -0.545 e. The maximum Gasteiger partial charge on any atom is 0.261 e. The van der Waals surface area contributed by atoms with Crippen molar-refractivity contribution < 1.29 is 39.0 Å². The van der Waals surface area contributed by atoms with Crippen molar-refractivity contribution in [3.05, 3.63) is 105 Å². The smallest absolute Gasteiger partial charge is 0.261 e. The van der Waals surface area contributed by atoms with Crippen molar-refractivity contribution in [1.82, 2.24) is 9.80 Å². The third-order valence-corrected chi connectivity index (χ3v) is 6.09. The van der Waals surface area contributed by atoms with Gasteiger partial charge < -0.3 is 19.8 Å². The Morgan fingerprint density at radius 3 is 1.33 bits per heavy atom. The molecule has 0 aliphatic carbocycles. The van der Waals surface area contributed by atoms with Gasteiger partial charge in [-0.05, 0) is 46.5 Å². The highest BCUT2D eigenvalue weighted by molar-refractivity contribution is 6.22. The van der Waals surface area contributed by atoms with Crippen LogP contribution in [0.15, 0.2) is 60.7 Å². The first-order valence-corrected chi connectivity index (χ1v) is 10.7. The van der Waals surface area contributed by atoms with Gasteiger partial charge in [0.1, 0.15) is 0 Å². The average Bonchev–Trinajstić information content (AvgIpc) is 3.24. The number of hydrogen-bond donors (Lipinski definition) is 0. The summed E-state index contributed by atoms with van der Waals surface area (Å²) >= 11 is 0. The summed E-state index contributed by atoms with van der Waals surface area (Å²) < 4.78 is 0. The van der Waals surface area contributed by atoms with E-state index in [2.05, 4.69) is 0 Å². The topological polar surface area (TPSA) is 155 Å². The lowest BCUT2D eigenvalue weighted by Crippen LogP contribution is -2.30. The minimum absolute atomic E-state index is 0.0280. The van der Waals surface area contributed by atoms with E-state index in [1.54, 1.807) is 24.3 Å². The van der Waals surface area contributed by atoms with Crippen molar-refractivity contribution >= 4 is 35.6 Å². The van der Waals surface area contributed by atoms with E-state index in [9.17, 15) is 39.0 Å². The van der Waals surface area contributed by atoms with E-state index >= 15 is 0 Å². The van der Waals surface area contributed by atoms with Gasteiger partial charge in [-0.3, -0.25) is 29.0 Å². The lowest BCUT2D eigenvalue weighted by atomic mass is 10.1. The molecule has 2 heterocycles. The van der Waals surface area contributed by atoms with Gasteiger partial charge in [-0.2, -0.15) is 0 Å². The number of carboxylic acid groups (broad SMARTS) is 2. The number of carbonyl (C=O) groups is 6. The highest BCUT2D eigenvalue weighted by atomic mass is 16.4. The van der Waals surface area contributed by atoms with Gasteiger partial charge in [-0.25, -0.2) is 0 Å². The fourth-order valence-corrected chi connectivity index (χ4v) is 4.31. The van der Waals surface area contributed by atoms with Crippen LogP contribution < -0.4 is 10.2 Å². The van der Waals surface area contributed by atoms with Gasteiger partial charge in [0.05, 0.1) is 47.3 Å². The number of benzene rings is 3. The molecule has 3 aromatic rings. The van der Waals surface area contributed by atoms with Crippen molar-refractivity contribution in [2.24, 2.45) is 0 Å². The molecule has 0 saturated carbocycles. The molecule has 3 aromatic carbocycles. The van der Waals surface area contributed by atoms with E-state index in [-0.39, 0.29) is 46.5 Å². The fraction of sp³-hybridized carbons (Fsp3) is 0.0769. The van der Waals surface area contributed by atoms with Gasteiger partial charge >= 0.3 is 0 Å². The summed E-state index contributed by atoms with van der Waals surface area (Å²) in [5.74, 6) is -5.37. The Bertz CT molecular complexity index is 1430. The third-order valence-electron chi connectivity index (χ3n) is 6.09. The maximum atomic E-state index is 12.8. The Hall–Kier alpha value is -5.12. The SMILES string of the molecule is O=C([O-])c1ccc2c(c1)C(=O)N(Cc1cccc(CN3C(=O)c4ccc(C(=O)[O-])cc4C3=O)c1)C2=O. The standard InChI is InChI=1S/C26H16N2O8/c29-21-17-6-4-15(25(33)34)9-19(17)23(31)27(21)11-13-2-1-3-14(8-13)12-28-22(30)18-7-5-16(26(35)36)10-20(18)24(28)32/h1-10H,11-12H2,(H,33,34)(H,35,36)/p-2. The summed E-state index contributed by atoms with van der Waals surface area (Å²) in [6.07, 6.45) is 0. The molecule has 5 rings (SSSR count). The molecule has 0 fully saturated rings. The summed E-state index contributed by atoms with van der Waals surface area (Å²) in [7, 11) is 0. The normalized spacial score (nSPS) is 14.3. The monoisotopic (exact) mass is 482 g/mol. The summed E-state index contributed by atoms with van der Waals surface area (Å²) in [5.41, 5.74) is 0.764. The second kappa shape index (κ2) is 8.27. The summed E-state index contributed by atoms with van der Waals surface area (Å²) in [6, 6.07) is 13.7. The predicted octanol–water partition coefficient (Wildman–Crippen LogP) is 0.00600. The van der Waals surface area contributed by atoms with Gasteiger partial charge in [0, 0.05) is 0 Å². The Morgan fingerprint density at radius 1 is 0.556 bits per heavy atom. The first-order valence-electron chi connectivity index (χ1n) is 10.7. The molecule has 0 saturated heterocycles. The number of rotatable bonds is 6. The van der Waals surface area contributed by atoms with Crippen molar-refractivity contribution in [1.29, 1.82) is 0 Å². The number of imide groups is 2. The number of carbonyl (C=O) groups excluding carboxylic acids is 6. The van der Waals surface area contributed by atoms with Crippen LogP contribution in [0.3, 0.4) is 0 Å². The number of amides is 4. The average molecular weight is 482 g/mol. The Kier molecular flexibility index (Phi) is 5.21. The number of nitrogens with zero attached hydrogens (tertiary/aromatic N) is 2. The number of fused-ring (bicyclic) bond motifs is 2. The number of aromatic carboxylic acids is 2. The van der Waals surface area contributed by atoms with Crippen LogP contribution in [0.4, 0.5) is 0 Å². The van der Waals surface area contributed by atoms with E-state index < -0.39 is 35.6 Å². The molecule has 0 unspecified atom stereocenters. The third kappa shape index (κ3) is 3.61. The van der Waals surface area contributed by atoms with E-state index in [1.807, 2.05) is 0 Å². The lowest BCUT2D eigenvalue weighted by Gasteiger charge is -2.17. The Labute approximate surface area is 203 Å². The molecule has 0 spiro atoms. The molecule has 0 N–H and O–H groups in total. The zero-order chi connectivity index (χ0) is 25.7. The Balaban J connectivity index is 1.35. The molecule has 2 aliphatic heterocycles. The van der Waals surface area contributed by atoms with Crippen LogP contribution >= 0.6 is 0 Å². The second-order valence-corrected chi connectivity index (χ2v) is 8.31. The van der Waals surface area contributed by atoms with Crippen LogP contribution in [0.1, 0.15) is 73.3 Å². The van der Waals surface area contributed by atoms with Crippen LogP contribution in [-0.4, -0.2) is 45.4 Å². The number of carboxylic acids is 2. The van der Waals surface area contributed by atoms with Gasteiger partial charge in [0.2, 0.25) is 0 Å². The first-order chi connectivity index (χ1) is 17.2. The van der Waals surface area contributed by atoms with Crippen LogP contribution in [0, 0.1) is 0 Å². The highest BCUT2D eigenvalue weighted by Gasteiger charge is 2.37. The molecule has 10 heteroatoms. The molecule has 178 valence electrons. The molecule has 0 bridgehead atoms. The van der Waals surface area contributed by atoms with Crippen LogP contribution in [-0.2, 0) is 13.1 Å². The molecule has 0 aromatic heterocycles. The molecule has 4 amide bonds. The predicted molar refractivity (Wildman–Crippen MR) is 116 cm³/mol. The zero-order valence-electron chi connectivity index (χ0n) is 18.3. The van der Waals surface area contributed by atoms with E-state index in [0.717, 1.165) is 21.9 Å². The molecule has 0 radical (unpaired) electrons. The number of hydrogen-bond acceptors (Lipinski definition) is 8. The van der Waals surface area contributed by atoms with Crippen molar-refractivity contribution in [3.8, 4) is 0 Å². The molecule has 36 heavy (non-hydrogen) atoms. The molecular formula is C26H14N2O8-2. The van der Waals surface area contributed by atoms with Crippen LogP contribution in [0.2, 0.25) is 0 Å². The summed E-state index contributed by atoms with van der Waals surface area (Å²) in [5, 5.41) is 22.2. The summed E-state index contributed by atoms with van der Waals surface area (Å²) in [6.45, 7) is -0.226. The maximum absolute atomic E-state index is 12.8. The van der Waals surface area contributed by atoms with E-state index in [1.165, 1.54) is 24.3 Å². The lowest BCUT2D eigenvalue weighted by molar-refractivity contribution is -0.256. The second-order valence-electron chi connectivity index (χ2n) is 8.31. The zero-order valence-corrected chi connectivity index (χ0v) is 18.3. The van der Waals surface area contributed by atoms with Crippen molar-refractivity contribution in [2.45, 2.75) is 13.1 Å². The molecular weight excluding hydrogens is 468 g/mol. The van der Waals surface area contributed by atoms with Gasteiger partial charge in [0.25, 0.3) is 23.6 Å². The molecule has 10 nitrogen and oxygen atoms in total. The molecule has 0 atom stereocenters. The quantitative estimate of drug-likeness (QED) is 0.445. The first kappa shape index (κ1) is 22.7. The van der Waals surface area contributed by atoms with Gasteiger partial charge in [-0.15, -0.1) is 0 Å². The van der Waals surface area contributed by atoms with E-state index in [4.69, 9.17) is 0 Å². The molecule has 2 aliphatic rings. The van der Waals surface area contributed by atoms with Crippen molar-refractivity contribution in [2.75, 3.05) is 0 Å². The minimum atomic E-state index is -1.46. The highest BCUT2D eigenvalue weighted by Crippen LogP contribution is 2.28. The van der Waals surface area contributed by atoms with Crippen molar-refractivity contribution in [3.63, 3.8) is 0 Å². The van der Waals surface area contributed by atoms with Gasteiger partial charge in [-0.1, -0.05) is 36.4 Å². The van der Waals surface area contributed by atoms with Crippen LogP contribution in [0.5, 0.6) is 0 Å². The van der Waals surface area contributed by atoms with Gasteiger partial charge in [0.15, 0.2) is 0 Å². The van der Waals surface area contributed by atoms with E-state index in [0.29, 0.717) is 11.1 Å².